The lowest BCUT2D eigenvalue weighted by atomic mass is 10.1. The van der Waals surface area contributed by atoms with Gasteiger partial charge < -0.3 is 9.84 Å². The van der Waals surface area contributed by atoms with Crippen LogP contribution in [0.25, 0.3) is 0 Å². The van der Waals surface area contributed by atoms with Gasteiger partial charge in [-0.15, -0.1) is 0 Å². The van der Waals surface area contributed by atoms with Crippen molar-refractivity contribution in [3.05, 3.63) is 41.4 Å². The van der Waals surface area contributed by atoms with Gasteiger partial charge in [0.2, 0.25) is 0 Å². The van der Waals surface area contributed by atoms with Crippen LogP contribution in [0.5, 0.6) is 0 Å². The first-order chi connectivity index (χ1) is 12.1. The number of nitrogens with zero attached hydrogens (tertiary/aromatic N) is 3. The molecule has 3 rings (SSSR count). The van der Waals surface area contributed by atoms with Gasteiger partial charge in [-0.05, 0) is 38.5 Å². The Hall–Kier alpha value is -2.21. The van der Waals surface area contributed by atoms with Gasteiger partial charge in [-0.25, -0.2) is 0 Å². The highest BCUT2D eigenvalue weighted by Crippen LogP contribution is 2.40. The van der Waals surface area contributed by atoms with E-state index in [0.29, 0.717) is 17.5 Å². The highest BCUT2D eigenvalue weighted by molar-refractivity contribution is 5.92. The minimum atomic E-state index is -0.137. The molecule has 1 amide bonds. The topological polar surface area (TPSA) is 70.7 Å². The van der Waals surface area contributed by atoms with Crippen LogP contribution < -0.4 is 5.32 Å². The molecule has 1 saturated carbocycles. The quantitative estimate of drug-likeness (QED) is 0.611. The highest BCUT2D eigenvalue weighted by atomic mass is 16.5. The molecule has 2 fully saturated rings. The monoisotopic (exact) mass is 342 g/mol. The van der Waals surface area contributed by atoms with Crippen molar-refractivity contribution in [1.82, 2.24) is 15.4 Å². The van der Waals surface area contributed by atoms with E-state index in [2.05, 4.69) is 40.9 Å². The Balaban J connectivity index is 1.52. The number of carbonyl (C=O) groups excluding carboxylic acids is 1. The van der Waals surface area contributed by atoms with Gasteiger partial charge in [0.05, 0.1) is 0 Å². The van der Waals surface area contributed by atoms with Crippen molar-refractivity contribution in [1.29, 1.82) is 0 Å². The molecule has 1 aliphatic heterocycles. The smallest absolute Gasteiger partial charge is 0.273 e. The second-order valence-electron chi connectivity index (χ2n) is 7.18. The predicted molar refractivity (Wildman–Crippen MR) is 97.8 cm³/mol. The molecule has 2 aliphatic rings. The minimum absolute atomic E-state index is 0.131. The third-order valence-electron chi connectivity index (χ3n) is 4.79. The molecule has 0 radical (unpaired) electrons. The number of aliphatic imine (C=N–C) groups is 1. The lowest BCUT2D eigenvalue weighted by Gasteiger charge is -2.16. The zero-order valence-electron chi connectivity index (χ0n) is 14.9. The standard InChI is InChI=1S/C19H26N4O2/c1-13(5-4-8-20-3)10-23-11-14(2)17(12-23)21-19(24)16-9-18(25-22-16)15-6-7-15/h4-5,8-9,14-15,17H,3,6-7,10-12H2,1-2H3,(H,21,24)/b8-4-,13-5+/t14-,17-/m1/s1. The molecule has 25 heavy (non-hydrogen) atoms. The Morgan fingerprint density at radius 1 is 1.52 bits per heavy atom. The number of hydrogen-bond donors (Lipinski definition) is 1. The van der Waals surface area contributed by atoms with Crippen molar-refractivity contribution < 1.29 is 9.32 Å². The van der Waals surface area contributed by atoms with Crippen LogP contribution in [0.4, 0.5) is 0 Å². The van der Waals surface area contributed by atoms with Crippen LogP contribution in [-0.2, 0) is 0 Å². The maximum Gasteiger partial charge on any atom is 0.273 e. The van der Waals surface area contributed by atoms with Crippen molar-refractivity contribution >= 4 is 12.6 Å². The minimum Gasteiger partial charge on any atom is -0.360 e. The second kappa shape index (κ2) is 7.78. The molecule has 0 unspecified atom stereocenters. The fourth-order valence-electron chi connectivity index (χ4n) is 3.26. The first-order valence-electron chi connectivity index (χ1n) is 8.84. The van der Waals surface area contributed by atoms with Crippen molar-refractivity contribution in [3.63, 3.8) is 0 Å². The Kier molecular flexibility index (Phi) is 5.48. The van der Waals surface area contributed by atoms with E-state index in [1.54, 1.807) is 12.3 Å². The van der Waals surface area contributed by atoms with Crippen molar-refractivity contribution in [3.8, 4) is 0 Å². The third-order valence-corrected chi connectivity index (χ3v) is 4.79. The molecule has 1 aliphatic carbocycles. The van der Waals surface area contributed by atoms with Gasteiger partial charge in [0.15, 0.2) is 5.69 Å². The molecular weight excluding hydrogens is 316 g/mol. The van der Waals surface area contributed by atoms with E-state index in [-0.39, 0.29) is 11.9 Å². The molecule has 1 aromatic heterocycles. The molecule has 6 nitrogen and oxygen atoms in total. The number of allylic oxidation sites excluding steroid dienone is 2. The number of hydrogen-bond acceptors (Lipinski definition) is 5. The van der Waals surface area contributed by atoms with Crippen LogP contribution in [0.2, 0.25) is 0 Å². The van der Waals surface area contributed by atoms with E-state index >= 15 is 0 Å². The summed E-state index contributed by atoms with van der Waals surface area (Å²) >= 11 is 0. The number of aromatic nitrogens is 1. The van der Waals surface area contributed by atoms with E-state index in [1.165, 1.54) is 5.57 Å². The number of likely N-dealkylation sites (tertiary alicyclic amines) is 1. The molecule has 0 bridgehead atoms. The number of rotatable bonds is 7. The summed E-state index contributed by atoms with van der Waals surface area (Å²) in [4.78, 5) is 18.5. The Labute approximate surface area is 148 Å². The molecule has 0 aromatic carbocycles. The predicted octanol–water partition coefficient (Wildman–Crippen LogP) is 2.76. The first-order valence-corrected chi connectivity index (χ1v) is 8.84. The van der Waals surface area contributed by atoms with Gasteiger partial charge >= 0.3 is 0 Å². The summed E-state index contributed by atoms with van der Waals surface area (Å²) in [5, 5.41) is 7.04. The summed E-state index contributed by atoms with van der Waals surface area (Å²) in [6.45, 7) is 10.4. The van der Waals surface area contributed by atoms with Crippen LogP contribution in [0.1, 0.15) is 48.9 Å². The average molecular weight is 342 g/mol. The van der Waals surface area contributed by atoms with Gasteiger partial charge in [0.1, 0.15) is 5.76 Å². The Morgan fingerprint density at radius 3 is 3.04 bits per heavy atom. The maximum absolute atomic E-state index is 12.4. The van der Waals surface area contributed by atoms with Crippen LogP contribution in [0, 0.1) is 5.92 Å². The molecule has 2 atom stereocenters. The third kappa shape index (κ3) is 4.66. The van der Waals surface area contributed by atoms with E-state index < -0.39 is 0 Å². The summed E-state index contributed by atoms with van der Waals surface area (Å²) in [6, 6.07) is 1.92. The fourth-order valence-corrected chi connectivity index (χ4v) is 3.26. The molecule has 6 heteroatoms. The second-order valence-corrected chi connectivity index (χ2v) is 7.18. The normalized spacial score (nSPS) is 24.8. The number of nitrogens with one attached hydrogen (secondary N) is 1. The molecule has 2 heterocycles. The Morgan fingerprint density at radius 2 is 2.32 bits per heavy atom. The lowest BCUT2D eigenvalue weighted by molar-refractivity contribution is 0.0922. The van der Waals surface area contributed by atoms with Crippen molar-refractivity contribution in [2.45, 2.75) is 38.6 Å². The average Bonchev–Trinajstić information content (AvgIpc) is 3.20. The largest absolute Gasteiger partial charge is 0.360 e. The summed E-state index contributed by atoms with van der Waals surface area (Å²) in [5.41, 5.74) is 1.65. The van der Waals surface area contributed by atoms with Gasteiger partial charge in [-0.3, -0.25) is 14.7 Å². The van der Waals surface area contributed by atoms with Crippen LogP contribution in [0.3, 0.4) is 0 Å². The first kappa shape index (κ1) is 17.6. The molecule has 0 spiro atoms. The zero-order chi connectivity index (χ0) is 17.8. The highest BCUT2D eigenvalue weighted by Gasteiger charge is 2.32. The molecule has 134 valence electrons. The van der Waals surface area contributed by atoms with Crippen LogP contribution in [-0.4, -0.2) is 48.4 Å². The summed E-state index contributed by atoms with van der Waals surface area (Å²) in [5.74, 6) is 1.57. The van der Waals surface area contributed by atoms with Gasteiger partial charge in [0, 0.05) is 43.9 Å². The maximum atomic E-state index is 12.4. The van der Waals surface area contributed by atoms with E-state index in [4.69, 9.17) is 4.52 Å². The van der Waals surface area contributed by atoms with Gasteiger partial charge in [-0.1, -0.05) is 23.7 Å². The molecular formula is C19H26N4O2. The lowest BCUT2D eigenvalue weighted by Crippen LogP contribution is -2.40. The Bertz CT molecular complexity index is 687. The summed E-state index contributed by atoms with van der Waals surface area (Å²) in [6.07, 6.45) is 7.88. The zero-order valence-corrected chi connectivity index (χ0v) is 14.9. The molecule has 1 saturated heterocycles. The van der Waals surface area contributed by atoms with E-state index in [1.807, 2.05) is 12.2 Å². The number of carbonyl (C=O) groups is 1. The van der Waals surface area contributed by atoms with Crippen LogP contribution in [0.15, 0.2) is 39.5 Å². The van der Waals surface area contributed by atoms with Crippen molar-refractivity contribution in [2.75, 3.05) is 19.6 Å². The summed E-state index contributed by atoms with van der Waals surface area (Å²) in [7, 11) is 0. The van der Waals surface area contributed by atoms with E-state index in [0.717, 1.165) is 38.2 Å². The number of amides is 1. The van der Waals surface area contributed by atoms with Crippen LogP contribution >= 0.6 is 0 Å². The molecule has 1 aromatic rings. The van der Waals surface area contributed by atoms with Crippen molar-refractivity contribution in [2.24, 2.45) is 10.9 Å². The van der Waals surface area contributed by atoms with Gasteiger partial charge in [0.25, 0.3) is 5.91 Å². The van der Waals surface area contributed by atoms with Gasteiger partial charge in [-0.2, -0.15) is 0 Å². The fraction of sp³-hybridized carbons (Fsp3) is 0.526. The summed E-state index contributed by atoms with van der Waals surface area (Å²) < 4.78 is 5.27. The van der Waals surface area contributed by atoms with E-state index in [9.17, 15) is 4.79 Å². The molecule has 1 N–H and O–H groups in total. The SMILES string of the molecule is C=N/C=C\C=C(/C)CN1C[C@@H](C)[C@H](NC(=O)c2cc(C3CC3)on2)C1.